The van der Waals surface area contributed by atoms with E-state index in [-0.39, 0.29) is 29.6 Å². The Morgan fingerprint density at radius 2 is 1.97 bits per heavy atom. The van der Waals surface area contributed by atoms with Gasteiger partial charge < -0.3 is 15.4 Å². The first kappa shape index (κ1) is 26.4. The zero-order valence-corrected chi connectivity index (χ0v) is 22.0. The van der Waals surface area contributed by atoms with E-state index in [0.29, 0.717) is 23.0 Å². The normalized spacial score (nSPS) is 14.1. The number of nitrogens with one attached hydrogen (secondary N) is 2. The van der Waals surface area contributed by atoms with Gasteiger partial charge in [0, 0.05) is 40.6 Å². The van der Waals surface area contributed by atoms with Gasteiger partial charge in [-0.05, 0) is 69.4 Å². The molecule has 1 aliphatic rings. The number of ether oxygens (including phenoxy) is 1. The number of halogens is 1. The molecule has 194 valence electrons. The Hall–Kier alpha value is -3.65. The second kappa shape index (κ2) is 12.1. The van der Waals surface area contributed by atoms with Crippen molar-refractivity contribution in [2.75, 3.05) is 6.61 Å². The van der Waals surface area contributed by atoms with Crippen molar-refractivity contribution in [3.63, 3.8) is 0 Å². The lowest BCUT2D eigenvalue weighted by Gasteiger charge is -2.11. The second-order valence-corrected chi connectivity index (χ2v) is 10.1. The molecule has 1 aliphatic carbocycles. The molecule has 37 heavy (non-hydrogen) atoms. The van der Waals surface area contributed by atoms with Crippen molar-refractivity contribution in [1.82, 2.24) is 25.4 Å². The average molecular weight is 522 g/mol. The van der Waals surface area contributed by atoms with E-state index in [2.05, 4.69) is 20.7 Å². The topological polar surface area (TPSA) is 98.1 Å². The molecular formula is C28H32ClN5O3. The molecule has 2 amide bonds. The van der Waals surface area contributed by atoms with Gasteiger partial charge in [-0.2, -0.15) is 5.10 Å². The van der Waals surface area contributed by atoms with Crippen LogP contribution in [0.4, 0.5) is 0 Å². The van der Waals surface area contributed by atoms with Crippen LogP contribution < -0.4 is 15.4 Å². The maximum Gasteiger partial charge on any atom is 0.270 e. The molecule has 2 N–H and O–H groups in total. The fourth-order valence-electron chi connectivity index (χ4n) is 3.60. The highest BCUT2D eigenvalue weighted by atomic mass is 35.5. The summed E-state index contributed by atoms with van der Waals surface area (Å²) in [7, 11) is 0. The number of hydrogen-bond acceptors (Lipinski definition) is 5. The molecule has 2 aromatic heterocycles. The highest BCUT2D eigenvalue weighted by molar-refractivity contribution is 6.31. The van der Waals surface area contributed by atoms with Gasteiger partial charge in [-0.1, -0.05) is 29.8 Å². The summed E-state index contributed by atoms with van der Waals surface area (Å²) in [6.45, 7) is 6.90. The summed E-state index contributed by atoms with van der Waals surface area (Å²) in [5.41, 5.74) is 2.44. The number of hydrogen-bond donors (Lipinski definition) is 2. The van der Waals surface area contributed by atoms with Crippen LogP contribution in [0.15, 0.2) is 55.0 Å². The minimum Gasteiger partial charge on any atom is -0.493 e. The summed E-state index contributed by atoms with van der Waals surface area (Å²) in [4.78, 5) is 28.9. The fraction of sp³-hybridized carbons (Fsp3) is 0.357. The number of carbonyl (C=O) groups excluding carboxylic acids is 2. The highest BCUT2D eigenvalue weighted by Crippen LogP contribution is 2.30. The van der Waals surface area contributed by atoms with Gasteiger partial charge in [-0.3, -0.25) is 19.3 Å². The highest BCUT2D eigenvalue weighted by Gasteiger charge is 2.22. The van der Waals surface area contributed by atoms with Crippen LogP contribution in [-0.4, -0.2) is 45.3 Å². The lowest BCUT2D eigenvalue weighted by atomic mass is 10.2. The Morgan fingerprint density at radius 1 is 1.16 bits per heavy atom. The molecule has 0 unspecified atom stereocenters. The summed E-state index contributed by atoms with van der Waals surface area (Å²) < 4.78 is 7.61. The third-order valence-electron chi connectivity index (χ3n) is 5.80. The van der Waals surface area contributed by atoms with Crippen molar-refractivity contribution in [3.8, 4) is 5.75 Å². The molecule has 8 nitrogen and oxygen atoms in total. The van der Waals surface area contributed by atoms with Crippen LogP contribution >= 0.6 is 11.6 Å². The predicted octanol–water partition coefficient (Wildman–Crippen LogP) is 4.74. The van der Waals surface area contributed by atoms with E-state index in [4.69, 9.17) is 16.3 Å². The van der Waals surface area contributed by atoms with Crippen molar-refractivity contribution in [1.29, 1.82) is 0 Å². The van der Waals surface area contributed by atoms with Crippen molar-refractivity contribution >= 4 is 29.5 Å². The van der Waals surface area contributed by atoms with Gasteiger partial charge in [0.05, 0.1) is 19.3 Å². The molecule has 1 saturated carbocycles. The van der Waals surface area contributed by atoms with Gasteiger partial charge in [-0.25, -0.2) is 0 Å². The molecule has 0 saturated heterocycles. The second-order valence-electron chi connectivity index (χ2n) is 9.66. The molecule has 0 aliphatic heterocycles. The van der Waals surface area contributed by atoms with Crippen molar-refractivity contribution in [3.05, 3.63) is 82.4 Å². The lowest BCUT2D eigenvalue weighted by Crippen LogP contribution is -2.33. The van der Waals surface area contributed by atoms with E-state index in [1.807, 2.05) is 62.0 Å². The molecule has 9 heteroatoms. The van der Waals surface area contributed by atoms with Crippen LogP contribution in [0, 0.1) is 5.92 Å². The quantitative estimate of drug-likeness (QED) is 0.380. The largest absolute Gasteiger partial charge is 0.493 e. The molecule has 0 bridgehead atoms. The Morgan fingerprint density at radius 3 is 2.70 bits per heavy atom. The third-order valence-corrected chi connectivity index (χ3v) is 6.16. The molecule has 1 fully saturated rings. The summed E-state index contributed by atoms with van der Waals surface area (Å²) in [6, 6.07) is 8.58. The van der Waals surface area contributed by atoms with Crippen molar-refractivity contribution in [2.24, 2.45) is 5.92 Å². The van der Waals surface area contributed by atoms with Gasteiger partial charge >= 0.3 is 0 Å². The average Bonchev–Trinajstić information content (AvgIpc) is 3.59. The van der Waals surface area contributed by atoms with Gasteiger partial charge in [-0.15, -0.1) is 0 Å². The van der Waals surface area contributed by atoms with Crippen LogP contribution in [0.1, 0.15) is 65.6 Å². The van der Waals surface area contributed by atoms with Crippen molar-refractivity contribution in [2.45, 2.75) is 52.2 Å². The van der Waals surface area contributed by atoms with E-state index in [9.17, 15) is 9.59 Å². The number of benzene rings is 1. The minimum absolute atomic E-state index is 0.0185. The number of carbonyl (C=O) groups is 2. The molecule has 4 rings (SSSR count). The SMILES string of the molecule is CC(C)NC(=O)c1cc(C(=O)N[C@@H](C)/C=C/c2cnn(Cc3ccc(OCC4CC4)cc3Cl)c2)ccn1. The standard InChI is InChI=1S/C28H32ClN5O3/c1-18(2)32-28(36)26-12-22(10-11-30-26)27(35)33-19(3)4-5-21-14-31-34(15-21)16-23-8-9-24(13-25(23)29)37-17-20-6-7-20/h4-5,8-15,18-20H,6-7,16-17H2,1-3H3,(H,32,36)(H,33,35)/b5-4+/t19-/m0/s1. The van der Waals surface area contributed by atoms with Crippen molar-refractivity contribution < 1.29 is 14.3 Å². The minimum atomic E-state index is -0.311. The number of amides is 2. The predicted molar refractivity (Wildman–Crippen MR) is 144 cm³/mol. The Kier molecular flexibility index (Phi) is 8.61. The summed E-state index contributed by atoms with van der Waals surface area (Å²) >= 11 is 6.47. The monoisotopic (exact) mass is 521 g/mol. The maximum absolute atomic E-state index is 12.7. The molecular weight excluding hydrogens is 490 g/mol. The molecule has 0 radical (unpaired) electrons. The third kappa shape index (κ3) is 7.92. The van der Waals surface area contributed by atoms with Gasteiger partial charge in [0.2, 0.25) is 0 Å². The zero-order chi connectivity index (χ0) is 26.4. The molecule has 1 aromatic carbocycles. The lowest BCUT2D eigenvalue weighted by molar-refractivity contribution is 0.0938. The first-order chi connectivity index (χ1) is 17.8. The van der Waals surface area contributed by atoms with Crippen LogP contribution in [0.5, 0.6) is 5.75 Å². The van der Waals surface area contributed by atoms with Crippen LogP contribution in [0.2, 0.25) is 5.02 Å². The Bertz CT molecular complexity index is 1280. The van der Waals surface area contributed by atoms with Gasteiger partial charge in [0.25, 0.3) is 11.8 Å². The first-order valence-corrected chi connectivity index (χ1v) is 12.8. The summed E-state index contributed by atoms with van der Waals surface area (Å²) in [5.74, 6) is 0.890. The molecule has 0 spiro atoms. The number of nitrogens with zero attached hydrogens (tertiary/aromatic N) is 3. The fourth-order valence-corrected chi connectivity index (χ4v) is 3.83. The van der Waals surface area contributed by atoms with E-state index in [1.165, 1.54) is 25.1 Å². The number of pyridine rings is 1. The van der Waals surface area contributed by atoms with Crippen LogP contribution in [-0.2, 0) is 6.54 Å². The van der Waals surface area contributed by atoms with E-state index >= 15 is 0 Å². The Balaban J connectivity index is 1.30. The zero-order valence-electron chi connectivity index (χ0n) is 21.3. The molecule has 1 atom stereocenters. The molecule has 3 aromatic rings. The summed E-state index contributed by atoms with van der Waals surface area (Å²) in [6.07, 6.45) is 11.4. The molecule has 2 heterocycles. The van der Waals surface area contributed by atoms with E-state index in [1.54, 1.807) is 12.3 Å². The summed E-state index contributed by atoms with van der Waals surface area (Å²) in [5, 5.41) is 10.8. The van der Waals surface area contributed by atoms with E-state index in [0.717, 1.165) is 23.5 Å². The van der Waals surface area contributed by atoms with Gasteiger partial charge in [0.15, 0.2) is 0 Å². The van der Waals surface area contributed by atoms with Crippen LogP contribution in [0.25, 0.3) is 6.08 Å². The Labute approximate surface area is 222 Å². The smallest absolute Gasteiger partial charge is 0.270 e. The number of rotatable bonds is 11. The van der Waals surface area contributed by atoms with Gasteiger partial charge in [0.1, 0.15) is 11.4 Å². The van der Waals surface area contributed by atoms with Crippen LogP contribution in [0.3, 0.4) is 0 Å². The number of aromatic nitrogens is 3. The first-order valence-electron chi connectivity index (χ1n) is 12.5. The maximum atomic E-state index is 12.7. The van der Waals surface area contributed by atoms with E-state index < -0.39 is 0 Å².